The van der Waals surface area contributed by atoms with Crippen LogP contribution in [0.3, 0.4) is 0 Å². The molecule has 0 aliphatic heterocycles. The summed E-state index contributed by atoms with van der Waals surface area (Å²) in [5.41, 5.74) is 0. The summed E-state index contributed by atoms with van der Waals surface area (Å²) in [5.74, 6) is 1.65. The molecule has 0 aliphatic rings. The van der Waals surface area contributed by atoms with Crippen LogP contribution in [0.4, 0.5) is 0 Å². The third-order valence-corrected chi connectivity index (χ3v) is 8.11. The van der Waals surface area contributed by atoms with E-state index in [2.05, 4.69) is 19.1 Å². The van der Waals surface area contributed by atoms with Crippen molar-refractivity contribution in [2.24, 2.45) is 0 Å². The maximum absolute atomic E-state index is 12.8. The molecule has 1 atom stereocenters. The van der Waals surface area contributed by atoms with Gasteiger partial charge in [0, 0.05) is 0 Å². The van der Waals surface area contributed by atoms with Gasteiger partial charge in [0.2, 0.25) is 0 Å². The van der Waals surface area contributed by atoms with Crippen LogP contribution in [-0.4, -0.2) is 33.5 Å². The van der Waals surface area contributed by atoms with E-state index < -0.39 is 7.60 Å². The van der Waals surface area contributed by atoms with Crippen LogP contribution < -0.4 is 4.46 Å². The van der Waals surface area contributed by atoms with E-state index in [1.54, 1.807) is 5.82 Å². The minimum atomic E-state index is -3.22. The predicted octanol–water partition coefficient (Wildman–Crippen LogP) is 4.53. The molecule has 0 aliphatic carbocycles. The molecule has 6 heteroatoms. The van der Waals surface area contributed by atoms with Crippen LogP contribution in [-0.2, 0) is 13.6 Å². The van der Waals surface area contributed by atoms with Crippen molar-refractivity contribution in [2.45, 2.75) is 39.0 Å². The Morgan fingerprint density at radius 2 is 1.82 bits per heavy atom. The number of benzene rings is 1. The quantitative estimate of drug-likeness (QED) is 0.323. The average Bonchev–Trinajstić information content (AvgIpc) is 2.48. The van der Waals surface area contributed by atoms with Crippen LogP contribution >= 0.6 is 19.2 Å². The number of halogens is 1. The van der Waals surface area contributed by atoms with Crippen LogP contribution in [0, 0.1) is 0 Å². The number of hydrogen-bond acceptors (Lipinski definition) is 3. The van der Waals surface area contributed by atoms with Gasteiger partial charge in [-0.15, -0.1) is 0 Å². The zero-order valence-electron chi connectivity index (χ0n) is 13.3. The summed E-state index contributed by atoms with van der Waals surface area (Å²) in [7, 11) is -3.22. The Balaban J connectivity index is 3.06. The van der Waals surface area contributed by atoms with Gasteiger partial charge < -0.3 is 0 Å². The van der Waals surface area contributed by atoms with Crippen molar-refractivity contribution in [2.75, 3.05) is 13.2 Å². The molecule has 0 saturated carbocycles. The molecular weight excluding hydrogens is 386 g/mol. The standard InChI is InChI=1S/C16H24ClO3PSe/c1-4-10-15(17)16(22-14-11-8-7-9-12-14)13-21(18,19-5-2)20-6-3/h7-9,11-13,15H,4-6,10H2,1-3H3/b16-13-. The first-order valence-electron chi connectivity index (χ1n) is 7.53. The number of alkyl halides is 1. The topological polar surface area (TPSA) is 35.5 Å². The van der Waals surface area contributed by atoms with Crippen LogP contribution in [0.5, 0.6) is 0 Å². The van der Waals surface area contributed by atoms with Crippen LogP contribution in [0.25, 0.3) is 0 Å². The summed E-state index contributed by atoms with van der Waals surface area (Å²) in [5, 5.41) is -0.139. The fraction of sp³-hybridized carbons (Fsp3) is 0.500. The third kappa shape index (κ3) is 7.00. The van der Waals surface area contributed by atoms with Gasteiger partial charge >= 0.3 is 145 Å². The molecule has 1 aromatic carbocycles. The molecule has 0 aromatic heterocycles. The van der Waals surface area contributed by atoms with E-state index in [0.29, 0.717) is 13.2 Å². The van der Waals surface area contributed by atoms with Gasteiger partial charge in [-0.1, -0.05) is 0 Å². The molecule has 1 unspecified atom stereocenters. The Bertz CT molecular complexity index is 497. The summed E-state index contributed by atoms with van der Waals surface area (Å²) in [6.07, 6.45) is 1.82. The van der Waals surface area contributed by atoms with Gasteiger partial charge in [0.1, 0.15) is 0 Å². The van der Waals surface area contributed by atoms with Gasteiger partial charge in [-0.25, -0.2) is 0 Å². The number of hydrogen-bond donors (Lipinski definition) is 0. The molecule has 22 heavy (non-hydrogen) atoms. The molecule has 0 bridgehead atoms. The monoisotopic (exact) mass is 410 g/mol. The zero-order chi connectivity index (χ0) is 16.4. The normalized spacial score (nSPS) is 14.1. The van der Waals surface area contributed by atoms with Gasteiger partial charge in [0.25, 0.3) is 0 Å². The Morgan fingerprint density at radius 1 is 1.23 bits per heavy atom. The van der Waals surface area contributed by atoms with Gasteiger partial charge in [-0.2, -0.15) is 0 Å². The summed E-state index contributed by atoms with van der Waals surface area (Å²) in [4.78, 5) is 0. The molecule has 3 nitrogen and oxygen atoms in total. The van der Waals surface area contributed by atoms with E-state index in [9.17, 15) is 4.57 Å². The average molecular weight is 410 g/mol. The third-order valence-electron chi connectivity index (χ3n) is 2.73. The van der Waals surface area contributed by atoms with Crippen molar-refractivity contribution >= 4 is 38.6 Å². The first-order valence-corrected chi connectivity index (χ1v) is 11.3. The SMILES string of the molecule is CCCC(Cl)/C(=C/P(=O)(OCC)OCC)[Se]c1ccccc1. The summed E-state index contributed by atoms with van der Waals surface area (Å²) in [6, 6.07) is 10.1. The first-order chi connectivity index (χ1) is 10.5. The van der Waals surface area contributed by atoms with Gasteiger partial charge in [-0.05, 0) is 0 Å². The van der Waals surface area contributed by atoms with Gasteiger partial charge in [0.15, 0.2) is 0 Å². The van der Waals surface area contributed by atoms with Crippen LogP contribution in [0.1, 0.15) is 33.6 Å². The van der Waals surface area contributed by atoms with E-state index in [4.69, 9.17) is 20.6 Å². The van der Waals surface area contributed by atoms with Crippen LogP contribution in [0.15, 0.2) is 40.6 Å². The molecule has 0 radical (unpaired) electrons. The summed E-state index contributed by atoms with van der Waals surface area (Å²) in [6.45, 7) is 6.41. The van der Waals surface area contributed by atoms with Crippen molar-refractivity contribution in [3.05, 3.63) is 40.6 Å². The molecule has 0 saturated heterocycles. The van der Waals surface area contributed by atoms with E-state index in [0.717, 1.165) is 17.3 Å². The van der Waals surface area contributed by atoms with Crippen molar-refractivity contribution < 1.29 is 13.6 Å². The van der Waals surface area contributed by atoms with E-state index >= 15 is 0 Å². The predicted molar refractivity (Wildman–Crippen MR) is 95.3 cm³/mol. The van der Waals surface area contributed by atoms with E-state index in [1.807, 2.05) is 32.0 Å². The fourth-order valence-corrected chi connectivity index (χ4v) is 6.75. The first kappa shape index (κ1) is 20.0. The Hall–Kier alpha value is -0.0805. The summed E-state index contributed by atoms with van der Waals surface area (Å²) < 4.78 is 25.7. The molecule has 0 heterocycles. The Labute approximate surface area is 145 Å². The molecule has 0 N–H and O–H groups in total. The van der Waals surface area contributed by atoms with Crippen molar-refractivity contribution in [1.29, 1.82) is 0 Å². The molecule has 0 amide bonds. The number of rotatable bonds is 10. The second-order valence-corrected chi connectivity index (χ2v) is 9.37. The Morgan fingerprint density at radius 3 is 2.32 bits per heavy atom. The van der Waals surface area contributed by atoms with Crippen molar-refractivity contribution in [1.82, 2.24) is 0 Å². The summed E-state index contributed by atoms with van der Waals surface area (Å²) >= 11 is 6.53. The molecule has 0 spiro atoms. The second-order valence-electron chi connectivity index (χ2n) is 4.58. The maximum atomic E-state index is 12.8. The number of allylic oxidation sites excluding steroid dienone is 1. The fourth-order valence-electron chi connectivity index (χ4n) is 1.82. The molecule has 0 fully saturated rings. The van der Waals surface area contributed by atoms with Crippen molar-refractivity contribution in [3.8, 4) is 0 Å². The van der Waals surface area contributed by atoms with Crippen molar-refractivity contribution in [3.63, 3.8) is 0 Å². The van der Waals surface area contributed by atoms with Gasteiger partial charge in [-0.3, -0.25) is 0 Å². The molecule has 1 aromatic rings. The van der Waals surface area contributed by atoms with Crippen LogP contribution in [0.2, 0.25) is 0 Å². The van der Waals surface area contributed by atoms with E-state index in [1.165, 1.54) is 4.46 Å². The van der Waals surface area contributed by atoms with E-state index in [-0.39, 0.29) is 20.3 Å². The minimum absolute atomic E-state index is 0.00666. The molecule has 124 valence electrons. The Kier molecular flexibility index (Phi) is 9.66. The zero-order valence-corrected chi connectivity index (χ0v) is 16.7. The van der Waals surface area contributed by atoms with Gasteiger partial charge in [0.05, 0.1) is 0 Å². The molecular formula is C16H24ClO3PSe. The second kappa shape index (κ2) is 10.6. The molecule has 1 rings (SSSR count).